The molecule has 5 heteroatoms. The molecule has 0 N–H and O–H groups in total. The van der Waals surface area contributed by atoms with Gasteiger partial charge in [0, 0.05) is 11.6 Å². The fourth-order valence-corrected chi connectivity index (χ4v) is 3.99. The Hall–Kier alpha value is -2.82. The van der Waals surface area contributed by atoms with Gasteiger partial charge in [0.2, 0.25) is 0 Å². The smallest absolute Gasteiger partial charge is 0.337 e. The van der Waals surface area contributed by atoms with Crippen molar-refractivity contribution in [2.24, 2.45) is 5.92 Å². The van der Waals surface area contributed by atoms with Crippen LogP contribution in [0.3, 0.4) is 0 Å². The lowest BCUT2D eigenvalue weighted by Crippen LogP contribution is -2.10. The average molecular weight is 411 g/mol. The van der Waals surface area contributed by atoms with Gasteiger partial charge in [-0.25, -0.2) is 9.59 Å². The molecule has 1 aliphatic carbocycles. The summed E-state index contributed by atoms with van der Waals surface area (Å²) in [5.74, 6) is -0.162. The van der Waals surface area contributed by atoms with Crippen molar-refractivity contribution in [3.63, 3.8) is 0 Å². The first kappa shape index (κ1) is 21.9. The third kappa shape index (κ3) is 5.41. The average Bonchev–Trinajstić information content (AvgIpc) is 3.30. The van der Waals surface area contributed by atoms with Crippen molar-refractivity contribution in [2.45, 2.75) is 51.9 Å². The quantitative estimate of drug-likeness (QED) is 0.414. The van der Waals surface area contributed by atoms with Gasteiger partial charge in [-0.3, -0.25) is 0 Å². The highest BCUT2D eigenvalue weighted by Gasteiger charge is 2.24. The van der Waals surface area contributed by atoms with Gasteiger partial charge >= 0.3 is 11.9 Å². The van der Waals surface area contributed by atoms with Crippen molar-refractivity contribution in [3.8, 4) is 11.1 Å². The van der Waals surface area contributed by atoms with E-state index in [9.17, 15) is 9.59 Å². The highest BCUT2D eigenvalue weighted by Crippen LogP contribution is 2.41. The predicted molar refractivity (Wildman–Crippen MR) is 116 cm³/mol. The standard InChI is InChI=1S/C25H30O5/c1-17(2)15-30-23(26)10-9-19-13-21(25(27)28-3)14-22(18-7-5-4-6-8-18)24(19)20-11-12-29-16-20/h9-14,16-18H,4-8,15H2,1-3H3/b10-9+. The van der Waals surface area contributed by atoms with Crippen LogP contribution < -0.4 is 0 Å². The molecule has 0 aliphatic heterocycles. The van der Waals surface area contributed by atoms with E-state index in [1.807, 2.05) is 26.0 Å². The number of methoxy groups -OCH3 is 1. The van der Waals surface area contributed by atoms with Gasteiger partial charge in [-0.2, -0.15) is 0 Å². The Morgan fingerprint density at radius 3 is 2.60 bits per heavy atom. The first-order valence-electron chi connectivity index (χ1n) is 10.6. The van der Waals surface area contributed by atoms with E-state index in [4.69, 9.17) is 13.9 Å². The molecule has 0 spiro atoms. The van der Waals surface area contributed by atoms with Gasteiger partial charge in [-0.05, 0) is 65.6 Å². The van der Waals surface area contributed by atoms with E-state index in [0.717, 1.165) is 35.1 Å². The molecule has 30 heavy (non-hydrogen) atoms. The molecule has 0 atom stereocenters. The van der Waals surface area contributed by atoms with Crippen LogP contribution in [0.4, 0.5) is 0 Å². The lowest BCUT2D eigenvalue weighted by atomic mass is 9.79. The molecule has 5 nitrogen and oxygen atoms in total. The topological polar surface area (TPSA) is 65.7 Å². The van der Waals surface area contributed by atoms with Crippen LogP contribution in [0.15, 0.2) is 41.2 Å². The molecule has 0 unspecified atom stereocenters. The molecule has 1 heterocycles. The Kier molecular flexibility index (Phi) is 7.50. The molecule has 1 saturated carbocycles. The number of rotatable bonds is 7. The van der Waals surface area contributed by atoms with Crippen LogP contribution in [-0.4, -0.2) is 25.7 Å². The second-order valence-electron chi connectivity index (χ2n) is 8.23. The maximum absolute atomic E-state index is 12.4. The SMILES string of the molecule is COC(=O)c1cc(/C=C/C(=O)OCC(C)C)c(-c2ccoc2)c(C2CCCCC2)c1. The van der Waals surface area contributed by atoms with Crippen LogP contribution in [-0.2, 0) is 14.3 Å². The van der Waals surface area contributed by atoms with Gasteiger partial charge in [0.1, 0.15) is 0 Å². The van der Waals surface area contributed by atoms with E-state index in [1.54, 1.807) is 24.7 Å². The van der Waals surface area contributed by atoms with Gasteiger partial charge in [0.05, 0.1) is 31.8 Å². The molecule has 0 bridgehead atoms. The van der Waals surface area contributed by atoms with Crippen molar-refractivity contribution in [1.29, 1.82) is 0 Å². The second kappa shape index (κ2) is 10.3. The highest BCUT2D eigenvalue weighted by molar-refractivity contribution is 5.95. The molecule has 1 fully saturated rings. The molecule has 1 aromatic carbocycles. The monoisotopic (exact) mass is 410 g/mol. The first-order chi connectivity index (χ1) is 14.5. The van der Waals surface area contributed by atoms with Gasteiger partial charge in [-0.1, -0.05) is 33.1 Å². The Morgan fingerprint density at radius 2 is 1.97 bits per heavy atom. The summed E-state index contributed by atoms with van der Waals surface area (Å²) in [6.07, 6.45) is 12.2. The second-order valence-corrected chi connectivity index (χ2v) is 8.23. The summed E-state index contributed by atoms with van der Waals surface area (Å²) >= 11 is 0. The van der Waals surface area contributed by atoms with E-state index in [0.29, 0.717) is 18.1 Å². The van der Waals surface area contributed by atoms with E-state index in [2.05, 4.69) is 0 Å². The summed E-state index contributed by atoms with van der Waals surface area (Å²) in [6.45, 7) is 4.35. The molecule has 3 rings (SSSR count). The maximum atomic E-state index is 12.4. The Labute approximate surface area is 178 Å². The largest absolute Gasteiger partial charge is 0.472 e. The fourth-order valence-electron chi connectivity index (χ4n) is 3.99. The molecule has 2 aromatic rings. The Balaban J connectivity index is 2.07. The van der Waals surface area contributed by atoms with E-state index in [1.165, 1.54) is 32.4 Å². The summed E-state index contributed by atoms with van der Waals surface area (Å²) < 4.78 is 15.6. The minimum Gasteiger partial charge on any atom is -0.472 e. The lowest BCUT2D eigenvalue weighted by molar-refractivity contribution is -0.138. The van der Waals surface area contributed by atoms with E-state index < -0.39 is 5.97 Å². The molecule has 0 radical (unpaired) electrons. The number of benzene rings is 1. The van der Waals surface area contributed by atoms with Crippen LogP contribution in [0, 0.1) is 5.92 Å². The van der Waals surface area contributed by atoms with Crippen LogP contribution in [0.25, 0.3) is 17.2 Å². The minimum atomic E-state index is -0.399. The number of furan rings is 1. The summed E-state index contributed by atoms with van der Waals surface area (Å²) in [4.78, 5) is 24.5. The molecule has 1 aromatic heterocycles. The molecule has 160 valence electrons. The Bertz CT molecular complexity index is 887. The summed E-state index contributed by atoms with van der Waals surface area (Å²) in [7, 11) is 1.38. The zero-order valence-electron chi connectivity index (χ0n) is 18.0. The van der Waals surface area contributed by atoms with E-state index >= 15 is 0 Å². The highest BCUT2D eigenvalue weighted by atomic mass is 16.5. The zero-order valence-corrected chi connectivity index (χ0v) is 18.0. The van der Waals surface area contributed by atoms with Crippen LogP contribution >= 0.6 is 0 Å². The third-order valence-corrected chi connectivity index (χ3v) is 5.43. The van der Waals surface area contributed by atoms with Crippen LogP contribution in [0.1, 0.15) is 73.4 Å². The van der Waals surface area contributed by atoms with Gasteiger partial charge in [0.15, 0.2) is 0 Å². The molecule has 0 saturated heterocycles. The third-order valence-electron chi connectivity index (χ3n) is 5.43. The zero-order chi connectivity index (χ0) is 21.5. The van der Waals surface area contributed by atoms with E-state index in [-0.39, 0.29) is 11.9 Å². The molecular formula is C25H30O5. The van der Waals surface area contributed by atoms with Gasteiger partial charge < -0.3 is 13.9 Å². The molecule has 1 aliphatic rings. The molecular weight excluding hydrogens is 380 g/mol. The van der Waals surface area contributed by atoms with Crippen molar-refractivity contribution < 1.29 is 23.5 Å². The number of esters is 2. The number of carbonyl (C=O) groups is 2. The van der Waals surface area contributed by atoms with Crippen LogP contribution in [0.2, 0.25) is 0 Å². The van der Waals surface area contributed by atoms with Crippen molar-refractivity contribution >= 4 is 18.0 Å². The normalized spacial score (nSPS) is 14.9. The van der Waals surface area contributed by atoms with Gasteiger partial charge in [-0.15, -0.1) is 0 Å². The summed E-state index contributed by atoms with van der Waals surface area (Å²) in [5.41, 5.74) is 4.30. The van der Waals surface area contributed by atoms with Crippen molar-refractivity contribution in [1.82, 2.24) is 0 Å². The maximum Gasteiger partial charge on any atom is 0.337 e. The summed E-state index contributed by atoms with van der Waals surface area (Å²) in [6, 6.07) is 5.62. The summed E-state index contributed by atoms with van der Waals surface area (Å²) in [5, 5.41) is 0. The number of hydrogen-bond acceptors (Lipinski definition) is 5. The van der Waals surface area contributed by atoms with Crippen molar-refractivity contribution in [3.05, 3.63) is 53.5 Å². The number of carbonyl (C=O) groups excluding carboxylic acids is 2. The van der Waals surface area contributed by atoms with Crippen molar-refractivity contribution in [2.75, 3.05) is 13.7 Å². The first-order valence-corrected chi connectivity index (χ1v) is 10.6. The number of hydrogen-bond donors (Lipinski definition) is 0. The van der Waals surface area contributed by atoms with Gasteiger partial charge in [0.25, 0.3) is 0 Å². The van der Waals surface area contributed by atoms with Crippen LogP contribution in [0.5, 0.6) is 0 Å². The molecule has 0 amide bonds. The lowest BCUT2D eigenvalue weighted by Gasteiger charge is -2.26. The predicted octanol–water partition coefficient (Wildman–Crippen LogP) is 5.99. The fraction of sp³-hybridized carbons (Fsp3) is 0.440. The Morgan fingerprint density at radius 1 is 1.20 bits per heavy atom. The minimum absolute atomic E-state index is 0.268. The number of ether oxygens (including phenoxy) is 2.